The number of rotatable bonds is 5. The minimum atomic E-state index is -2.55. The first-order valence-electron chi connectivity index (χ1n) is 8.14. The maximum Gasteiger partial charge on any atom is 0.249 e. The maximum atomic E-state index is 13.0. The molecular weight excluding hydrogens is 431 g/mol. The summed E-state index contributed by atoms with van der Waals surface area (Å²) in [5, 5.41) is 29.2. The molecule has 0 amide bonds. The van der Waals surface area contributed by atoms with Crippen molar-refractivity contribution in [2.75, 3.05) is 0 Å². The molecule has 148 valence electrons. The second kappa shape index (κ2) is 7.72. The molecule has 9 heteroatoms. The molecule has 28 heavy (non-hydrogen) atoms. The van der Waals surface area contributed by atoms with Gasteiger partial charge in [-0.05, 0) is 18.2 Å². The van der Waals surface area contributed by atoms with Gasteiger partial charge in [0.25, 0.3) is 0 Å². The summed E-state index contributed by atoms with van der Waals surface area (Å²) in [5.74, 6) is -2.06. The number of ether oxygens (including phenoxy) is 1. The molecule has 0 aliphatic carbocycles. The minimum Gasteiger partial charge on any atom is -0.380 e. The second-order valence-electron chi connectivity index (χ2n) is 6.42. The molecule has 2 aromatic rings. The molecule has 1 heterocycles. The number of hydrogen-bond acceptors (Lipinski definition) is 6. The van der Waals surface area contributed by atoms with E-state index in [-0.39, 0.29) is 21.2 Å². The molecule has 1 fully saturated rings. The number of halogens is 3. The topological polar surface area (TPSA) is 104 Å². The zero-order chi connectivity index (χ0) is 20.7. The number of aliphatic hydroxyl groups is 3. The van der Waals surface area contributed by atoms with Crippen molar-refractivity contribution >= 4 is 46.4 Å². The molecule has 6 nitrogen and oxygen atoms in total. The van der Waals surface area contributed by atoms with Crippen LogP contribution in [0.25, 0.3) is 0 Å². The predicted molar refractivity (Wildman–Crippen MR) is 102 cm³/mol. The summed E-state index contributed by atoms with van der Waals surface area (Å²) in [6, 6.07) is 11.9. The summed E-state index contributed by atoms with van der Waals surface area (Å²) in [7, 11) is 0. The third-order valence-electron chi connectivity index (χ3n) is 4.46. The van der Waals surface area contributed by atoms with E-state index in [1.165, 1.54) is 30.3 Å². The first-order valence-corrected chi connectivity index (χ1v) is 9.27. The zero-order valence-electron chi connectivity index (χ0n) is 14.2. The van der Waals surface area contributed by atoms with E-state index in [9.17, 15) is 24.9 Å². The summed E-state index contributed by atoms with van der Waals surface area (Å²) < 4.78 is 5.05. The fourth-order valence-electron chi connectivity index (χ4n) is 3.11. The lowest BCUT2D eigenvalue weighted by molar-refractivity contribution is -0.164. The second-order valence-corrected chi connectivity index (χ2v) is 7.83. The highest BCUT2D eigenvalue weighted by atomic mass is 35.5. The van der Waals surface area contributed by atoms with Crippen molar-refractivity contribution in [3.05, 3.63) is 69.7 Å². The Morgan fingerprint density at radius 1 is 1.04 bits per heavy atom. The van der Waals surface area contributed by atoms with Crippen LogP contribution in [0.3, 0.4) is 0 Å². The van der Waals surface area contributed by atoms with Crippen molar-refractivity contribution in [1.29, 1.82) is 0 Å². The van der Waals surface area contributed by atoms with E-state index in [1.54, 1.807) is 18.2 Å². The van der Waals surface area contributed by atoms with Crippen molar-refractivity contribution in [3.8, 4) is 0 Å². The molecular formula is C19H15Cl3O6. The van der Waals surface area contributed by atoms with Gasteiger partial charge >= 0.3 is 0 Å². The number of benzene rings is 2. The molecule has 1 aliphatic heterocycles. The molecule has 1 saturated heterocycles. The number of ketones is 2. The smallest absolute Gasteiger partial charge is 0.249 e. The van der Waals surface area contributed by atoms with Crippen LogP contribution < -0.4 is 0 Å². The highest BCUT2D eigenvalue weighted by Gasteiger charge is 2.62. The summed E-state index contributed by atoms with van der Waals surface area (Å²) in [6.07, 6.45) is -4.59. The zero-order valence-corrected chi connectivity index (χ0v) is 16.4. The lowest BCUT2D eigenvalue weighted by Gasteiger charge is -2.27. The van der Waals surface area contributed by atoms with E-state index < -0.39 is 41.0 Å². The van der Waals surface area contributed by atoms with Crippen molar-refractivity contribution in [2.24, 2.45) is 0 Å². The van der Waals surface area contributed by atoms with Gasteiger partial charge in [0.2, 0.25) is 5.25 Å². The van der Waals surface area contributed by atoms with Crippen molar-refractivity contribution in [2.45, 2.75) is 29.5 Å². The molecule has 0 saturated carbocycles. The van der Waals surface area contributed by atoms with Crippen molar-refractivity contribution in [3.63, 3.8) is 0 Å². The van der Waals surface area contributed by atoms with E-state index in [0.717, 1.165) is 0 Å². The van der Waals surface area contributed by atoms with Crippen molar-refractivity contribution in [1.82, 2.24) is 0 Å². The average Bonchev–Trinajstić information content (AvgIpc) is 2.91. The number of carbonyl (C=O) groups excluding carboxylic acids is 2. The Kier molecular flexibility index (Phi) is 5.85. The Morgan fingerprint density at radius 2 is 1.61 bits per heavy atom. The molecule has 3 N–H and O–H groups in total. The van der Waals surface area contributed by atoms with Crippen LogP contribution in [0.1, 0.15) is 28.4 Å². The Morgan fingerprint density at radius 3 is 2.21 bits per heavy atom. The van der Waals surface area contributed by atoms with Crippen LogP contribution in [-0.4, -0.2) is 43.8 Å². The molecule has 1 aliphatic rings. The van der Waals surface area contributed by atoms with Gasteiger partial charge in [0, 0.05) is 16.1 Å². The molecule has 3 rings (SSSR count). The van der Waals surface area contributed by atoms with Crippen molar-refractivity contribution < 1.29 is 29.6 Å². The third kappa shape index (κ3) is 3.82. The minimum absolute atomic E-state index is 0.0313. The first-order chi connectivity index (χ1) is 13.1. The van der Waals surface area contributed by atoms with Crippen LogP contribution >= 0.6 is 34.8 Å². The largest absolute Gasteiger partial charge is 0.380 e. The van der Waals surface area contributed by atoms with Crippen LogP contribution in [-0.2, 0) is 9.53 Å². The molecule has 2 aromatic carbocycles. The molecule has 0 radical (unpaired) electrons. The van der Waals surface area contributed by atoms with Gasteiger partial charge in [-0.15, -0.1) is 0 Å². The predicted octanol–water partition coefficient (Wildman–Crippen LogP) is 2.88. The maximum absolute atomic E-state index is 13.0. The van der Waals surface area contributed by atoms with Gasteiger partial charge in [0.15, 0.2) is 23.3 Å². The average molecular weight is 446 g/mol. The van der Waals surface area contributed by atoms with E-state index in [0.29, 0.717) is 0 Å². The molecule has 1 unspecified atom stereocenters. The molecule has 0 aromatic heterocycles. The monoisotopic (exact) mass is 444 g/mol. The fraction of sp³-hybridized carbons (Fsp3) is 0.263. The van der Waals surface area contributed by atoms with Crippen LogP contribution in [0, 0.1) is 0 Å². The normalized spacial score (nSPS) is 28.1. The molecule has 0 spiro atoms. The number of aliphatic hydroxyl groups excluding tert-OH is 1. The van der Waals surface area contributed by atoms with Gasteiger partial charge in [0.1, 0.15) is 6.10 Å². The Balaban J connectivity index is 2.00. The quantitative estimate of drug-likeness (QED) is 0.483. The Hall–Kier alpha value is -1.51. The summed E-state index contributed by atoms with van der Waals surface area (Å²) in [6.45, 7) is 0. The Labute approximate surface area is 175 Å². The van der Waals surface area contributed by atoms with Gasteiger partial charge in [-0.1, -0.05) is 65.1 Å². The van der Waals surface area contributed by atoms with Crippen LogP contribution in [0.15, 0.2) is 48.5 Å². The van der Waals surface area contributed by atoms with E-state index in [1.807, 2.05) is 0 Å². The van der Waals surface area contributed by atoms with Gasteiger partial charge in [-0.3, -0.25) is 9.59 Å². The highest BCUT2D eigenvalue weighted by molar-refractivity contribution is 6.34. The molecule has 0 bridgehead atoms. The first kappa shape index (κ1) is 21.2. The van der Waals surface area contributed by atoms with E-state index >= 15 is 0 Å². The summed E-state index contributed by atoms with van der Waals surface area (Å²) in [5.41, 5.74) is -2.59. The summed E-state index contributed by atoms with van der Waals surface area (Å²) in [4.78, 5) is 25.8. The molecule has 4 atom stereocenters. The van der Waals surface area contributed by atoms with E-state index in [4.69, 9.17) is 39.5 Å². The summed E-state index contributed by atoms with van der Waals surface area (Å²) >= 11 is 17.8. The van der Waals surface area contributed by atoms with Gasteiger partial charge in [0.05, 0.1) is 11.4 Å². The number of alkyl halides is 1. The highest BCUT2D eigenvalue weighted by Crippen LogP contribution is 2.44. The lowest BCUT2D eigenvalue weighted by Crippen LogP contribution is -2.51. The van der Waals surface area contributed by atoms with Crippen LogP contribution in [0.5, 0.6) is 0 Å². The number of carbonyl (C=O) groups is 2. The number of Topliss-reactive ketones (excluding diaryl/α,β-unsaturated/α-hetero) is 2. The third-order valence-corrected chi connectivity index (χ3v) is 5.36. The van der Waals surface area contributed by atoms with Gasteiger partial charge < -0.3 is 20.1 Å². The van der Waals surface area contributed by atoms with Crippen LogP contribution in [0.4, 0.5) is 0 Å². The van der Waals surface area contributed by atoms with Gasteiger partial charge in [-0.2, -0.15) is 0 Å². The van der Waals surface area contributed by atoms with Crippen LogP contribution in [0.2, 0.25) is 10.0 Å². The standard InChI is InChI=1S/C19H15Cl3O6/c20-12-7-3-1-5-10(12)14(23)15(24)17-18(26,9-19(22,27)28-17)16(25)11-6-2-4-8-13(11)21/h1-8,14,17,23,26-27H,9H2/t14?,17-,18-,19-/m1/s1. The Bertz CT molecular complexity index is 931. The number of hydrogen-bond donors (Lipinski definition) is 3. The SMILES string of the molecule is O=C(C(O)c1ccccc1Cl)[C@H]1O[C@@](O)(Cl)C[C@@]1(O)C(=O)c1ccccc1Cl. The fourth-order valence-corrected chi connectivity index (χ4v) is 3.86. The van der Waals surface area contributed by atoms with Gasteiger partial charge in [-0.25, -0.2) is 0 Å². The van der Waals surface area contributed by atoms with E-state index in [2.05, 4.69) is 0 Å². The lowest BCUT2D eigenvalue weighted by atomic mass is 9.82.